The highest BCUT2D eigenvalue weighted by molar-refractivity contribution is 6.07. The maximum absolute atomic E-state index is 12.7. The molecule has 1 aromatic heterocycles. The zero-order valence-corrected chi connectivity index (χ0v) is 14.1. The highest BCUT2D eigenvalue weighted by Crippen LogP contribution is 2.30. The highest BCUT2D eigenvalue weighted by Gasteiger charge is 2.27. The molecule has 2 heterocycles. The van der Waals surface area contributed by atoms with Gasteiger partial charge in [-0.25, -0.2) is 0 Å². The predicted octanol–water partition coefficient (Wildman–Crippen LogP) is 2.70. The number of hydrogen-bond donors (Lipinski definition) is 1. The Balaban J connectivity index is 1.45. The van der Waals surface area contributed by atoms with E-state index in [9.17, 15) is 9.59 Å². The molecule has 1 aromatic carbocycles. The fourth-order valence-corrected chi connectivity index (χ4v) is 3.43. The van der Waals surface area contributed by atoms with Gasteiger partial charge in [-0.1, -0.05) is 18.6 Å². The first-order valence-corrected chi connectivity index (χ1v) is 8.84. The Morgan fingerprint density at radius 3 is 2.68 bits per heavy atom. The van der Waals surface area contributed by atoms with E-state index in [1.807, 2.05) is 17.0 Å². The molecule has 1 saturated carbocycles. The van der Waals surface area contributed by atoms with E-state index in [4.69, 9.17) is 0 Å². The van der Waals surface area contributed by atoms with Crippen LogP contribution in [0.5, 0.6) is 0 Å². The lowest BCUT2D eigenvalue weighted by Crippen LogP contribution is -2.33. The van der Waals surface area contributed by atoms with Gasteiger partial charge in [0.25, 0.3) is 5.91 Å². The topological polar surface area (TPSA) is 62.3 Å². The molecule has 0 saturated heterocycles. The van der Waals surface area contributed by atoms with Crippen LogP contribution < -0.4 is 10.2 Å². The summed E-state index contributed by atoms with van der Waals surface area (Å²) in [5, 5.41) is 3.03. The smallest absolute Gasteiger partial charge is 0.258 e. The van der Waals surface area contributed by atoms with Crippen molar-refractivity contribution in [1.29, 1.82) is 0 Å². The van der Waals surface area contributed by atoms with E-state index in [0.29, 0.717) is 18.7 Å². The number of nitrogens with zero attached hydrogens (tertiary/aromatic N) is 2. The number of anilines is 1. The quantitative estimate of drug-likeness (QED) is 0.934. The van der Waals surface area contributed by atoms with Gasteiger partial charge in [0.2, 0.25) is 5.91 Å². The van der Waals surface area contributed by atoms with Crippen molar-refractivity contribution >= 4 is 17.5 Å². The van der Waals surface area contributed by atoms with Gasteiger partial charge in [-0.15, -0.1) is 0 Å². The van der Waals surface area contributed by atoms with Crippen molar-refractivity contribution in [1.82, 2.24) is 10.3 Å². The Bertz CT molecular complexity index is 800. The van der Waals surface area contributed by atoms with Crippen LogP contribution in [0.2, 0.25) is 0 Å². The summed E-state index contributed by atoms with van der Waals surface area (Å²) < 4.78 is 0. The molecule has 5 nitrogen and oxygen atoms in total. The van der Waals surface area contributed by atoms with Gasteiger partial charge < -0.3 is 10.2 Å². The molecule has 0 spiro atoms. The summed E-state index contributed by atoms with van der Waals surface area (Å²) >= 11 is 0. The van der Waals surface area contributed by atoms with Gasteiger partial charge in [0.05, 0.1) is 0 Å². The zero-order valence-electron chi connectivity index (χ0n) is 14.1. The van der Waals surface area contributed by atoms with Crippen molar-refractivity contribution in [3.05, 3.63) is 59.4 Å². The van der Waals surface area contributed by atoms with Crippen molar-refractivity contribution in [3.63, 3.8) is 0 Å². The second kappa shape index (κ2) is 6.67. The SMILES string of the molecule is O=C(NCc1ccc2c(c1)CCN2C(=O)c1ccncc1)C1CCC1. The molecule has 2 amide bonds. The molecule has 25 heavy (non-hydrogen) atoms. The first-order valence-electron chi connectivity index (χ1n) is 8.84. The number of hydrogen-bond acceptors (Lipinski definition) is 3. The van der Waals surface area contributed by atoms with Crippen LogP contribution in [0, 0.1) is 5.92 Å². The number of benzene rings is 1. The number of rotatable bonds is 4. The summed E-state index contributed by atoms with van der Waals surface area (Å²) in [4.78, 5) is 30.4. The average Bonchev–Trinajstić information content (AvgIpc) is 3.02. The van der Waals surface area contributed by atoms with E-state index in [1.165, 1.54) is 0 Å². The van der Waals surface area contributed by atoms with Crippen LogP contribution in [0.1, 0.15) is 40.7 Å². The number of amides is 2. The molecule has 1 aliphatic heterocycles. The van der Waals surface area contributed by atoms with E-state index in [2.05, 4.69) is 16.4 Å². The van der Waals surface area contributed by atoms with Crippen molar-refractivity contribution in [2.24, 2.45) is 5.92 Å². The minimum atomic E-state index is 0.00665. The van der Waals surface area contributed by atoms with Gasteiger partial charge >= 0.3 is 0 Å². The summed E-state index contributed by atoms with van der Waals surface area (Å²) in [5.74, 6) is 0.385. The summed E-state index contributed by atoms with van der Waals surface area (Å²) in [6, 6.07) is 9.58. The third kappa shape index (κ3) is 3.14. The molecule has 0 radical (unpaired) electrons. The van der Waals surface area contributed by atoms with E-state index in [-0.39, 0.29) is 17.7 Å². The Morgan fingerprint density at radius 1 is 1.16 bits per heavy atom. The molecule has 5 heteroatoms. The highest BCUT2D eigenvalue weighted by atomic mass is 16.2. The monoisotopic (exact) mass is 335 g/mol. The Hall–Kier alpha value is -2.69. The fraction of sp³-hybridized carbons (Fsp3) is 0.350. The summed E-state index contributed by atoms with van der Waals surface area (Å²) in [6.45, 7) is 1.25. The molecule has 2 aromatic rings. The Labute approximate surface area is 147 Å². The number of aromatic nitrogens is 1. The van der Waals surface area contributed by atoms with Crippen molar-refractivity contribution in [2.45, 2.75) is 32.2 Å². The number of carbonyl (C=O) groups is 2. The van der Waals surface area contributed by atoms with Crippen molar-refractivity contribution in [3.8, 4) is 0 Å². The fourth-order valence-electron chi connectivity index (χ4n) is 3.43. The zero-order chi connectivity index (χ0) is 17.2. The Kier molecular flexibility index (Phi) is 4.22. The van der Waals surface area contributed by atoms with E-state index >= 15 is 0 Å². The van der Waals surface area contributed by atoms with Gasteiger partial charge in [-0.3, -0.25) is 14.6 Å². The maximum Gasteiger partial charge on any atom is 0.258 e. The van der Waals surface area contributed by atoms with Crippen LogP contribution in [0.15, 0.2) is 42.7 Å². The number of fused-ring (bicyclic) bond motifs is 1. The van der Waals surface area contributed by atoms with Gasteiger partial charge in [-0.05, 0) is 48.6 Å². The van der Waals surface area contributed by atoms with Crippen LogP contribution in [-0.2, 0) is 17.8 Å². The predicted molar refractivity (Wildman–Crippen MR) is 95.2 cm³/mol. The van der Waals surface area contributed by atoms with Gasteiger partial charge in [0.1, 0.15) is 0 Å². The van der Waals surface area contributed by atoms with Crippen molar-refractivity contribution in [2.75, 3.05) is 11.4 Å². The van der Waals surface area contributed by atoms with E-state index in [1.54, 1.807) is 24.5 Å². The first-order chi connectivity index (χ1) is 12.2. The van der Waals surface area contributed by atoms with Gasteiger partial charge in [-0.2, -0.15) is 0 Å². The standard InChI is InChI=1S/C20H21N3O2/c24-19(15-2-1-3-15)22-13-14-4-5-18-17(12-14)8-11-23(18)20(25)16-6-9-21-10-7-16/h4-7,9-10,12,15H,1-3,8,11,13H2,(H,22,24). The summed E-state index contributed by atoms with van der Waals surface area (Å²) in [5.41, 5.74) is 3.87. The maximum atomic E-state index is 12.7. The van der Waals surface area contributed by atoms with Crippen LogP contribution in [0.25, 0.3) is 0 Å². The van der Waals surface area contributed by atoms with Crippen LogP contribution in [0.3, 0.4) is 0 Å². The lowest BCUT2D eigenvalue weighted by molar-refractivity contribution is -0.127. The average molecular weight is 335 g/mol. The summed E-state index contributed by atoms with van der Waals surface area (Å²) in [6.07, 6.45) is 7.31. The Morgan fingerprint density at radius 2 is 1.96 bits per heavy atom. The molecule has 4 rings (SSSR count). The minimum Gasteiger partial charge on any atom is -0.352 e. The molecular weight excluding hydrogens is 314 g/mol. The number of carbonyl (C=O) groups excluding carboxylic acids is 2. The normalized spacial score (nSPS) is 16.2. The molecule has 1 aliphatic carbocycles. The van der Waals surface area contributed by atoms with E-state index in [0.717, 1.165) is 42.5 Å². The molecule has 0 bridgehead atoms. The molecule has 1 N–H and O–H groups in total. The van der Waals surface area contributed by atoms with Crippen LogP contribution in [-0.4, -0.2) is 23.3 Å². The lowest BCUT2D eigenvalue weighted by atomic mass is 9.85. The molecule has 2 aliphatic rings. The minimum absolute atomic E-state index is 0.00665. The third-order valence-corrected chi connectivity index (χ3v) is 5.15. The third-order valence-electron chi connectivity index (χ3n) is 5.15. The molecule has 1 fully saturated rings. The molecule has 0 unspecified atom stereocenters. The first kappa shape index (κ1) is 15.8. The number of pyridine rings is 1. The summed E-state index contributed by atoms with van der Waals surface area (Å²) in [7, 11) is 0. The second-order valence-electron chi connectivity index (χ2n) is 6.75. The van der Waals surface area contributed by atoms with Gasteiger partial charge in [0.15, 0.2) is 0 Å². The van der Waals surface area contributed by atoms with Gasteiger partial charge in [0, 0.05) is 42.7 Å². The lowest BCUT2D eigenvalue weighted by Gasteiger charge is -2.24. The molecule has 0 atom stereocenters. The molecule has 128 valence electrons. The molecular formula is C20H21N3O2. The second-order valence-corrected chi connectivity index (χ2v) is 6.75. The van der Waals surface area contributed by atoms with Crippen molar-refractivity contribution < 1.29 is 9.59 Å². The number of nitrogens with one attached hydrogen (secondary N) is 1. The van der Waals surface area contributed by atoms with Crippen LogP contribution in [0.4, 0.5) is 5.69 Å². The largest absolute Gasteiger partial charge is 0.352 e. The van der Waals surface area contributed by atoms with E-state index < -0.39 is 0 Å². The van der Waals surface area contributed by atoms with Crippen LogP contribution >= 0.6 is 0 Å².